The van der Waals surface area contributed by atoms with E-state index in [0.29, 0.717) is 5.75 Å². The topological polar surface area (TPSA) is 55.4 Å². The van der Waals surface area contributed by atoms with E-state index < -0.39 is 9.84 Å². The molecule has 0 amide bonds. The molecule has 0 spiro atoms. The van der Waals surface area contributed by atoms with Crippen molar-refractivity contribution in [3.8, 4) is 5.75 Å². The van der Waals surface area contributed by atoms with E-state index in [9.17, 15) is 8.42 Å². The van der Waals surface area contributed by atoms with Crippen molar-refractivity contribution in [2.45, 2.75) is 17.9 Å². The highest BCUT2D eigenvalue weighted by Gasteiger charge is 2.32. The Balaban J connectivity index is 2.69. The van der Waals surface area contributed by atoms with E-state index in [1.54, 1.807) is 19.2 Å². The highest BCUT2D eigenvalue weighted by atomic mass is 32.2. The van der Waals surface area contributed by atoms with Crippen LogP contribution < -0.4 is 10.1 Å². The van der Waals surface area contributed by atoms with Crippen LogP contribution in [0.25, 0.3) is 5.57 Å². The molecular formula is C12H15NO3S. The van der Waals surface area contributed by atoms with Crippen LogP contribution in [0.2, 0.25) is 0 Å². The van der Waals surface area contributed by atoms with Crippen LogP contribution in [-0.2, 0) is 9.84 Å². The van der Waals surface area contributed by atoms with Gasteiger partial charge < -0.3 is 10.1 Å². The minimum Gasteiger partial charge on any atom is -0.495 e. The van der Waals surface area contributed by atoms with Gasteiger partial charge in [0.1, 0.15) is 10.6 Å². The van der Waals surface area contributed by atoms with E-state index in [2.05, 4.69) is 5.32 Å². The summed E-state index contributed by atoms with van der Waals surface area (Å²) in [5.74, 6) is 0.400. The fourth-order valence-corrected chi connectivity index (χ4v) is 3.69. The zero-order valence-corrected chi connectivity index (χ0v) is 10.8. The Kier molecular flexibility index (Phi) is 2.97. The molecule has 0 bridgehead atoms. The van der Waals surface area contributed by atoms with Gasteiger partial charge in [-0.3, -0.25) is 0 Å². The second kappa shape index (κ2) is 4.16. The van der Waals surface area contributed by atoms with Crippen molar-refractivity contribution in [1.82, 2.24) is 5.32 Å². The SMILES string of the molecule is CNC(C)C1=CS(=O)(=O)c2c(OC)cccc21. The summed E-state index contributed by atoms with van der Waals surface area (Å²) in [7, 11) is -0.101. The second-order valence-corrected chi connectivity index (χ2v) is 5.70. The number of ether oxygens (including phenoxy) is 1. The minimum atomic E-state index is -3.38. The largest absolute Gasteiger partial charge is 0.495 e. The number of sulfone groups is 1. The van der Waals surface area contributed by atoms with Crippen molar-refractivity contribution in [1.29, 1.82) is 0 Å². The van der Waals surface area contributed by atoms with Crippen molar-refractivity contribution in [2.75, 3.05) is 14.2 Å². The zero-order chi connectivity index (χ0) is 12.6. The summed E-state index contributed by atoms with van der Waals surface area (Å²) >= 11 is 0. The molecular weight excluding hydrogens is 238 g/mol. The van der Waals surface area contributed by atoms with Crippen LogP contribution in [0.3, 0.4) is 0 Å². The van der Waals surface area contributed by atoms with Crippen molar-refractivity contribution < 1.29 is 13.2 Å². The van der Waals surface area contributed by atoms with Crippen LogP contribution in [0.4, 0.5) is 0 Å². The smallest absolute Gasteiger partial charge is 0.204 e. The van der Waals surface area contributed by atoms with Gasteiger partial charge in [0.2, 0.25) is 9.84 Å². The van der Waals surface area contributed by atoms with E-state index in [4.69, 9.17) is 4.74 Å². The van der Waals surface area contributed by atoms with Crippen molar-refractivity contribution >= 4 is 15.4 Å². The summed E-state index contributed by atoms with van der Waals surface area (Å²) in [6.45, 7) is 1.93. The molecule has 1 heterocycles. The lowest BCUT2D eigenvalue weighted by atomic mass is 10.0. The summed E-state index contributed by atoms with van der Waals surface area (Å²) in [5, 5.41) is 4.37. The molecule has 0 saturated carbocycles. The standard InChI is InChI=1S/C12H15NO3S/c1-8(13-2)10-7-17(14,15)12-9(10)5-4-6-11(12)16-3/h4-8,13H,1-3H3. The summed E-state index contributed by atoms with van der Waals surface area (Å²) in [6, 6.07) is 5.26. The lowest BCUT2D eigenvalue weighted by Crippen LogP contribution is -2.22. The van der Waals surface area contributed by atoms with Gasteiger partial charge in [-0.15, -0.1) is 0 Å². The van der Waals surface area contributed by atoms with Gasteiger partial charge in [0.25, 0.3) is 0 Å². The predicted octanol–water partition coefficient (Wildman–Crippen LogP) is 1.43. The van der Waals surface area contributed by atoms with Crippen LogP contribution in [-0.4, -0.2) is 28.6 Å². The second-order valence-electron chi connectivity index (χ2n) is 3.97. The average molecular weight is 253 g/mol. The van der Waals surface area contributed by atoms with Gasteiger partial charge in [-0.05, 0) is 25.6 Å². The van der Waals surface area contributed by atoms with E-state index in [1.807, 2.05) is 13.0 Å². The maximum atomic E-state index is 12.1. The van der Waals surface area contributed by atoms with Crippen LogP contribution in [0, 0.1) is 0 Å². The molecule has 0 radical (unpaired) electrons. The Bertz CT molecular complexity index is 575. The summed E-state index contributed by atoms with van der Waals surface area (Å²) in [5.41, 5.74) is 1.51. The predicted molar refractivity (Wildman–Crippen MR) is 66.7 cm³/mol. The van der Waals surface area contributed by atoms with Gasteiger partial charge >= 0.3 is 0 Å². The van der Waals surface area contributed by atoms with Crippen molar-refractivity contribution in [3.05, 3.63) is 29.2 Å². The molecule has 17 heavy (non-hydrogen) atoms. The molecule has 0 aliphatic carbocycles. The molecule has 1 unspecified atom stereocenters. The number of nitrogens with one attached hydrogen (secondary N) is 1. The minimum absolute atomic E-state index is 0.0156. The number of methoxy groups -OCH3 is 1. The van der Waals surface area contributed by atoms with Gasteiger partial charge in [-0.25, -0.2) is 8.42 Å². The first-order valence-electron chi connectivity index (χ1n) is 5.32. The van der Waals surface area contributed by atoms with Crippen LogP contribution in [0.15, 0.2) is 28.5 Å². The Labute approximate surface area is 101 Å². The third-order valence-electron chi connectivity index (χ3n) is 2.98. The fourth-order valence-electron chi connectivity index (χ4n) is 1.98. The molecule has 0 saturated heterocycles. The summed E-state index contributed by atoms with van der Waals surface area (Å²) in [6.07, 6.45) is 0. The van der Waals surface area contributed by atoms with E-state index >= 15 is 0 Å². The maximum Gasteiger partial charge on any atom is 0.204 e. The van der Waals surface area contributed by atoms with Crippen LogP contribution in [0.5, 0.6) is 5.75 Å². The highest BCUT2D eigenvalue weighted by molar-refractivity contribution is 7.95. The molecule has 0 aromatic heterocycles. The first kappa shape index (κ1) is 12.1. The van der Waals surface area contributed by atoms with Gasteiger partial charge in [0.05, 0.1) is 7.11 Å². The summed E-state index contributed by atoms with van der Waals surface area (Å²) < 4.78 is 29.3. The normalized spacial score (nSPS) is 18.4. The quantitative estimate of drug-likeness (QED) is 0.885. The molecule has 4 nitrogen and oxygen atoms in total. The summed E-state index contributed by atoms with van der Waals surface area (Å²) in [4.78, 5) is 0.277. The van der Waals surface area contributed by atoms with Crippen molar-refractivity contribution in [2.24, 2.45) is 0 Å². The number of hydrogen-bond acceptors (Lipinski definition) is 4. The lowest BCUT2D eigenvalue weighted by molar-refractivity contribution is 0.403. The third kappa shape index (κ3) is 1.85. The van der Waals surface area contributed by atoms with Gasteiger partial charge in [-0.1, -0.05) is 12.1 Å². The van der Waals surface area contributed by atoms with E-state index in [-0.39, 0.29) is 10.9 Å². The Hall–Kier alpha value is -1.33. The maximum absolute atomic E-state index is 12.1. The van der Waals surface area contributed by atoms with Gasteiger partial charge in [0.15, 0.2) is 0 Å². The van der Waals surface area contributed by atoms with Crippen LogP contribution in [0.1, 0.15) is 12.5 Å². The molecule has 1 aromatic rings. The zero-order valence-electron chi connectivity index (χ0n) is 10.0. The number of fused-ring (bicyclic) bond motifs is 1. The van der Waals surface area contributed by atoms with Crippen molar-refractivity contribution in [3.63, 3.8) is 0 Å². The molecule has 1 N–H and O–H groups in total. The van der Waals surface area contributed by atoms with E-state index in [0.717, 1.165) is 11.1 Å². The molecule has 5 heteroatoms. The third-order valence-corrected chi connectivity index (χ3v) is 4.53. The Morgan fingerprint density at radius 1 is 1.35 bits per heavy atom. The number of rotatable bonds is 3. The average Bonchev–Trinajstić information content (AvgIpc) is 2.61. The number of benzene rings is 1. The monoisotopic (exact) mass is 253 g/mol. The first-order valence-corrected chi connectivity index (χ1v) is 6.87. The van der Waals surface area contributed by atoms with Gasteiger partial charge in [-0.2, -0.15) is 0 Å². The molecule has 1 aliphatic rings. The number of likely N-dealkylation sites (N-methyl/N-ethyl adjacent to an activating group) is 1. The fraction of sp³-hybridized carbons (Fsp3) is 0.333. The molecule has 92 valence electrons. The Morgan fingerprint density at radius 3 is 2.65 bits per heavy atom. The molecule has 1 atom stereocenters. The highest BCUT2D eigenvalue weighted by Crippen LogP contribution is 2.40. The molecule has 0 fully saturated rings. The number of hydrogen-bond donors (Lipinski definition) is 1. The van der Waals surface area contributed by atoms with Gasteiger partial charge in [0, 0.05) is 17.0 Å². The lowest BCUT2D eigenvalue weighted by Gasteiger charge is -2.13. The Morgan fingerprint density at radius 2 is 2.06 bits per heavy atom. The van der Waals surface area contributed by atoms with Crippen LogP contribution >= 0.6 is 0 Å². The molecule has 2 rings (SSSR count). The first-order chi connectivity index (χ1) is 8.01. The molecule has 1 aliphatic heterocycles. The van der Waals surface area contributed by atoms with E-state index in [1.165, 1.54) is 12.5 Å². The molecule has 1 aromatic carbocycles.